The van der Waals surface area contributed by atoms with Gasteiger partial charge in [0.2, 0.25) is 0 Å². The Balaban J connectivity index is 2.19. The fourth-order valence-corrected chi connectivity index (χ4v) is 2.41. The molecule has 1 aromatic heterocycles. The average Bonchev–Trinajstić information content (AvgIpc) is 2.79. The second-order valence-corrected chi connectivity index (χ2v) is 4.52. The van der Waals surface area contributed by atoms with E-state index in [0.717, 1.165) is 0 Å². The van der Waals surface area contributed by atoms with E-state index in [2.05, 4.69) is 29.9 Å². The molecule has 1 aliphatic carbocycles. The Bertz CT molecular complexity index is 366. The summed E-state index contributed by atoms with van der Waals surface area (Å²) in [6.45, 7) is 3.29. The zero-order valence-corrected chi connectivity index (χ0v) is 8.17. The second kappa shape index (κ2) is 2.06. The first-order chi connectivity index (χ1) is 6.21. The summed E-state index contributed by atoms with van der Waals surface area (Å²) in [6.07, 6.45) is 4.67. The van der Waals surface area contributed by atoms with E-state index < -0.39 is 0 Å². The Hall–Kier alpha value is -1.05. The molecule has 2 heterocycles. The van der Waals surface area contributed by atoms with Gasteiger partial charge in [-0.3, -0.25) is 4.98 Å². The fraction of sp³-hybridized carbons (Fsp3) is 0.545. The minimum atomic E-state index is 0.456. The highest BCUT2D eigenvalue weighted by Gasteiger charge is 2.52. The van der Waals surface area contributed by atoms with Crippen LogP contribution in [0.25, 0.3) is 0 Å². The number of nitrogens with zero attached hydrogens (tertiary/aromatic N) is 2. The lowest BCUT2D eigenvalue weighted by molar-refractivity contribution is 0.712. The number of anilines is 1. The van der Waals surface area contributed by atoms with Crippen LogP contribution in [0.5, 0.6) is 0 Å². The molecule has 1 spiro atoms. The van der Waals surface area contributed by atoms with Gasteiger partial charge in [-0.05, 0) is 31.4 Å². The quantitative estimate of drug-likeness (QED) is 0.597. The Labute approximate surface area is 78.6 Å². The molecule has 13 heavy (non-hydrogen) atoms. The molecular formula is C11H14N2. The van der Waals surface area contributed by atoms with Gasteiger partial charge in [-0.15, -0.1) is 0 Å². The standard InChI is InChI=1S/C11H14N2/c1-8-5-9-10(12-6-8)11(3-4-11)7-13(9)2/h5-6H,3-4,7H2,1-2H3. The predicted molar refractivity (Wildman–Crippen MR) is 53.2 cm³/mol. The highest BCUT2D eigenvalue weighted by Crippen LogP contribution is 2.55. The fourth-order valence-electron chi connectivity index (χ4n) is 2.41. The molecule has 0 radical (unpaired) electrons. The summed E-state index contributed by atoms with van der Waals surface area (Å²) in [5, 5.41) is 0. The molecule has 1 aliphatic heterocycles. The van der Waals surface area contributed by atoms with Crippen LogP contribution < -0.4 is 4.90 Å². The lowest BCUT2D eigenvalue weighted by Crippen LogP contribution is -2.18. The lowest BCUT2D eigenvalue weighted by Gasteiger charge is -2.11. The Kier molecular flexibility index (Phi) is 1.17. The van der Waals surface area contributed by atoms with Crippen molar-refractivity contribution in [3.63, 3.8) is 0 Å². The smallest absolute Gasteiger partial charge is 0.0716 e. The van der Waals surface area contributed by atoms with E-state index in [1.165, 1.54) is 36.3 Å². The summed E-state index contributed by atoms with van der Waals surface area (Å²) in [5.41, 5.74) is 4.43. The van der Waals surface area contributed by atoms with Crippen molar-refractivity contribution >= 4 is 5.69 Å². The van der Waals surface area contributed by atoms with E-state index in [9.17, 15) is 0 Å². The van der Waals surface area contributed by atoms with E-state index >= 15 is 0 Å². The molecule has 0 amide bonds. The van der Waals surface area contributed by atoms with E-state index in [-0.39, 0.29) is 0 Å². The Morgan fingerprint density at radius 3 is 2.92 bits per heavy atom. The van der Waals surface area contributed by atoms with Gasteiger partial charge in [0.05, 0.1) is 11.4 Å². The van der Waals surface area contributed by atoms with Gasteiger partial charge >= 0.3 is 0 Å². The first-order valence-corrected chi connectivity index (χ1v) is 4.90. The van der Waals surface area contributed by atoms with Crippen molar-refractivity contribution in [3.05, 3.63) is 23.5 Å². The normalized spacial score (nSPS) is 22.2. The Morgan fingerprint density at radius 1 is 1.46 bits per heavy atom. The van der Waals surface area contributed by atoms with Crippen LogP contribution in [0.4, 0.5) is 5.69 Å². The maximum Gasteiger partial charge on any atom is 0.0716 e. The van der Waals surface area contributed by atoms with Gasteiger partial charge in [0.1, 0.15) is 0 Å². The largest absolute Gasteiger partial charge is 0.372 e. The van der Waals surface area contributed by atoms with Crippen LogP contribution in [0.2, 0.25) is 0 Å². The molecule has 2 aliphatic rings. The number of pyridine rings is 1. The van der Waals surface area contributed by atoms with Crippen molar-refractivity contribution in [2.24, 2.45) is 0 Å². The maximum absolute atomic E-state index is 4.58. The molecule has 2 heteroatoms. The zero-order valence-electron chi connectivity index (χ0n) is 8.17. The minimum Gasteiger partial charge on any atom is -0.372 e. The maximum atomic E-state index is 4.58. The van der Waals surface area contributed by atoms with Gasteiger partial charge in [-0.2, -0.15) is 0 Å². The summed E-state index contributed by atoms with van der Waals surface area (Å²) in [4.78, 5) is 6.93. The molecule has 68 valence electrons. The summed E-state index contributed by atoms with van der Waals surface area (Å²) in [7, 11) is 2.17. The van der Waals surface area contributed by atoms with E-state index in [1.807, 2.05) is 6.20 Å². The molecule has 1 saturated carbocycles. The Morgan fingerprint density at radius 2 is 2.23 bits per heavy atom. The summed E-state index contributed by atoms with van der Waals surface area (Å²) >= 11 is 0. The van der Waals surface area contributed by atoms with Crippen molar-refractivity contribution in [2.75, 3.05) is 18.5 Å². The third-order valence-electron chi connectivity index (χ3n) is 3.31. The molecule has 2 nitrogen and oxygen atoms in total. The van der Waals surface area contributed by atoms with Crippen molar-refractivity contribution in [1.82, 2.24) is 4.98 Å². The molecule has 0 saturated heterocycles. The van der Waals surface area contributed by atoms with Gasteiger partial charge in [0.25, 0.3) is 0 Å². The number of hydrogen-bond acceptors (Lipinski definition) is 2. The first-order valence-electron chi connectivity index (χ1n) is 4.90. The van der Waals surface area contributed by atoms with Crippen LogP contribution in [0.15, 0.2) is 12.3 Å². The van der Waals surface area contributed by atoms with Crippen molar-refractivity contribution in [3.8, 4) is 0 Å². The van der Waals surface area contributed by atoms with Gasteiger partial charge < -0.3 is 4.90 Å². The van der Waals surface area contributed by atoms with E-state index in [4.69, 9.17) is 0 Å². The SMILES string of the molecule is Cc1cnc2c(c1)N(C)CC21CC1. The number of aryl methyl sites for hydroxylation is 1. The minimum absolute atomic E-state index is 0.456. The number of fused-ring (bicyclic) bond motifs is 2. The molecule has 1 aromatic rings. The molecular weight excluding hydrogens is 160 g/mol. The van der Waals surface area contributed by atoms with Gasteiger partial charge in [-0.1, -0.05) is 0 Å². The van der Waals surface area contributed by atoms with Gasteiger partial charge in [0, 0.05) is 25.2 Å². The number of rotatable bonds is 0. The molecule has 3 rings (SSSR count). The average molecular weight is 174 g/mol. The molecule has 0 aromatic carbocycles. The van der Waals surface area contributed by atoms with Gasteiger partial charge in [0.15, 0.2) is 0 Å². The van der Waals surface area contributed by atoms with Crippen LogP contribution in [-0.2, 0) is 5.41 Å². The number of aromatic nitrogens is 1. The molecule has 0 N–H and O–H groups in total. The van der Waals surface area contributed by atoms with Crippen LogP contribution in [0, 0.1) is 6.92 Å². The summed E-state index contributed by atoms with van der Waals surface area (Å²) in [5.74, 6) is 0. The summed E-state index contributed by atoms with van der Waals surface area (Å²) < 4.78 is 0. The summed E-state index contributed by atoms with van der Waals surface area (Å²) in [6, 6.07) is 2.26. The molecule has 0 unspecified atom stereocenters. The van der Waals surface area contributed by atoms with Crippen LogP contribution in [-0.4, -0.2) is 18.6 Å². The van der Waals surface area contributed by atoms with Crippen molar-refractivity contribution < 1.29 is 0 Å². The highest BCUT2D eigenvalue weighted by molar-refractivity contribution is 5.62. The number of hydrogen-bond donors (Lipinski definition) is 0. The monoisotopic (exact) mass is 174 g/mol. The highest BCUT2D eigenvalue weighted by atomic mass is 15.2. The first kappa shape index (κ1) is 7.36. The number of likely N-dealkylation sites (N-methyl/N-ethyl adjacent to an activating group) is 1. The zero-order chi connectivity index (χ0) is 9.05. The van der Waals surface area contributed by atoms with Crippen LogP contribution >= 0.6 is 0 Å². The van der Waals surface area contributed by atoms with E-state index in [1.54, 1.807) is 0 Å². The van der Waals surface area contributed by atoms with Crippen molar-refractivity contribution in [2.45, 2.75) is 25.2 Å². The van der Waals surface area contributed by atoms with Crippen LogP contribution in [0.3, 0.4) is 0 Å². The van der Waals surface area contributed by atoms with E-state index in [0.29, 0.717) is 5.41 Å². The molecule has 0 bridgehead atoms. The lowest BCUT2D eigenvalue weighted by atomic mass is 10.0. The second-order valence-electron chi connectivity index (χ2n) is 4.52. The van der Waals surface area contributed by atoms with Crippen LogP contribution in [0.1, 0.15) is 24.1 Å². The predicted octanol–water partition coefficient (Wildman–Crippen LogP) is 1.87. The van der Waals surface area contributed by atoms with Crippen molar-refractivity contribution in [1.29, 1.82) is 0 Å². The third-order valence-corrected chi connectivity index (χ3v) is 3.31. The molecule has 0 atom stereocenters. The topological polar surface area (TPSA) is 16.1 Å². The van der Waals surface area contributed by atoms with Gasteiger partial charge in [-0.25, -0.2) is 0 Å². The molecule has 1 fully saturated rings. The third kappa shape index (κ3) is 0.859.